The summed E-state index contributed by atoms with van der Waals surface area (Å²) in [7, 11) is 1.66. The number of amides is 2. The lowest BCUT2D eigenvalue weighted by Crippen LogP contribution is -2.50. The Labute approximate surface area is 157 Å². The number of benzene rings is 2. The van der Waals surface area contributed by atoms with Crippen molar-refractivity contribution in [3.05, 3.63) is 52.5 Å². The maximum absolute atomic E-state index is 12.5. The summed E-state index contributed by atoms with van der Waals surface area (Å²) in [5, 5.41) is 3.82. The minimum Gasteiger partial charge on any atom is -0.495 e. The van der Waals surface area contributed by atoms with Crippen LogP contribution in [-0.4, -0.2) is 44.2 Å². The number of rotatable bonds is 3. The molecule has 1 heterocycles. The average molecular weight is 380 g/mol. The van der Waals surface area contributed by atoms with Crippen LogP contribution in [-0.2, 0) is 0 Å². The van der Waals surface area contributed by atoms with Crippen molar-refractivity contribution in [2.45, 2.75) is 0 Å². The van der Waals surface area contributed by atoms with E-state index in [0.717, 1.165) is 24.5 Å². The topological polar surface area (TPSA) is 44.8 Å². The Balaban J connectivity index is 1.62. The standard InChI is InChI=1S/C18H19Cl2N3O2/c1-25-17-5-3-2-4-16(17)22-8-10-23(11-9-22)18(24)21-15-12-13(19)6-7-14(15)20/h2-7,12H,8-11H2,1H3,(H,21,24). The van der Waals surface area contributed by atoms with Crippen LogP contribution in [0.1, 0.15) is 0 Å². The highest BCUT2D eigenvalue weighted by Crippen LogP contribution is 2.29. The fourth-order valence-electron chi connectivity index (χ4n) is 2.83. The molecule has 0 unspecified atom stereocenters. The zero-order chi connectivity index (χ0) is 17.8. The van der Waals surface area contributed by atoms with Gasteiger partial charge in [-0.05, 0) is 30.3 Å². The Morgan fingerprint density at radius 3 is 2.52 bits per heavy atom. The smallest absolute Gasteiger partial charge is 0.322 e. The largest absolute Gasteiger partial charge is 0.495 e. The first-order chi connectivity index (χ1) is 12.1. The maximum Gasteiger partial charge on any atom is 0.322 e. The highest BCUT2D eigenvalue weighted by Gasteiger charge is 2.23. The summed E-state index contributed by atoms with van der Waals surface area (Å²) in [6, 6.07) is 12.7. The molecule has 2 amide bonds. The molecule has 1 aliphatic rings. The van der Waals surface area contributed by atoms with Crippen molar-refractivity contribution in [3.63, 3.8) is 0 Å². The third-order valence-corrected chi connectivity index (χ3v) is 4.73. The summed E-state index contributed by atoms with van der Waals surface area (Å²) in [5.74, 6) is 0.839. The summed E-state index contributed by atoms with van der Waals surface area (Å²) >= 11 is 12.1. The van der Waals surface area contributed by atoms with E-state index in [4.69, 9.17) is 27.9 Å². The Kier molecular flexibility index (Phi) is 5.56. The lowest BCUT2D eigenvalue weighted by molar-refractivity contribution is 0.208. The first-order valence-corrected chi connectivity index (χ1v) is 8.73. The van der Waals surface area contributed by atoms with Crippen molar-refractivity contribution >= 4 is 40.6 Å². The number of nitrogens with zero attached hydrogens (tertiary/aromatic N) is 2. The van der Waals surface area contributed by atoms with Crippen LogP contribution in [0.5, 0.6) is 5.75 Å². The molecule has 1 N–H and O–H groups in total. The summed E-state index contributed by atoms with van der Waals surface area (Å²) in [6.07, 6.45) is 0. The molecule has 3 rings (SSSR count). The zero-order valence-electron chi connectivity index (χ0n) is 13.8. The van der Waals surface area contributed by atoms with Crippen LogP contribution in [0.2, 0.25) is 10.0 Å². The van der Waals surface area contributed by atoms with Gasteiger partial charge in [0.1, 0.15) is 5.75 Å². The molecular formula is C18H19Cl2N3O2. The Bertz CT molecular complexity index is 762. The maximum atomic E-state index is 12.5. The molecule has 0 aliphatic carbocycles. The van der Waals surface area contributed by atoms with Crippen molar-refractivity contribution in [1.29, 1.82) is 0 Å². The molecule has 1 aliphatic heterocycles. The van der Waals surface area contributed by atoms with E-state index < -0.39 is 0 Å². The number of hydrogen-bond acceptors (Lipinski definition) is 3. The zero-order valence-corrected chi connectivity index (χ0v) is 15.3. The second-order valence-corrected chi connectivity index (χ2v) is 6.54. The third kappa shape index (κ3) is 4.11. The first-order valence-electron chi connectivity index (χ1n) is 7.97. The van der Waals surface area contributed by atoms with E-state index in [1.807, 2.05) is 24.3 Å². The quantitative estimate of drug-likeness (QED) is 0.861. The van der Waals surface area contributed by atoms with Gasteiger partial charge < -0.3 is 19.9 Å². The van der Waals surface area contributed by atoms with Crippen LogP contribution in [0.25, 0.3) is 0 Å². The number of hydrogen-bond donors (Lipinski definition) is 1. The normalized spacial score (nSPS) is 14.4. The van der Waals surface area contributed by atoms with Gasteiger partial charge in [-0.25, -0.2) is 4.79 Å². The van der Waals surface area contributed by atoms with E-state index in [1.165, 1.54) is 0 Å². The first kappa shape index (κ1) is 17.7. The molecule has 0 bridgehead atoms. The minimum absolute atomic E-state index is 0.177. The number of piperazine rings is 1. The molecule has 0 spiro atoms. The molecule has 25 heavy (non-hydrogen) atoms. The van der Waals surface area contributed by atoms with Crippen molar-refractivity contribution in [2.24, 2.45) is 0 Å². The van der Waals surface area contributed by atoms with Gasteiger partial charge in [0.05, 0.1) is 23.5 Å². The SMILES string of the molecule is COc1ccccc1N1CCN(C(=O)Nc2cc(Cl)ccc2Cl)CC1. The van der Waals surface area contributed by atoms with Gasteiger partial charge in [-0.15, -0.1) is 0 Å². The summed E-state index contributed by atoms with van der Waals surface area (Å²) in [4.78, 5) is 16.5. The Morgan fingerprint density at radius 2 is 1.80 bits per heavy atom. The van der Waals surface area contributed by atoms with Crippen LogP contribution in [0.15, 0.2) is 42.5 Å². The monoisotopic (exact) mass is 379 g/mol. The van der Waals surface area contributed by atoms with E-state index in [-0.39, 0.29) is 6.03 Å². The number of nitrogens with one attached hydrogen (secondary N) is 1. The van der Waals surface area contributed by atoms with Gasteiger partial charge >= 0.3 is 6.03 Å². The number of ether oxygens (including phenoxy) is 1. The number of carbonyl (C=O) groups excluding carboxylic acids is 1. The van der Waals surface area contributed by atoms with Gasteiger partial charge in [0, 0.05) is 31.2 Å². The highest BCUT2D eigenvalue weighted by atomic mass is 35.5. The van der Waals surface area contributed by atoms with Gasteiger partial charge in [0.2, 0.25) is 0 Å². The van der Waals surface area contributed by atoms with Crippen LogP contribution < -0.4 is 15.0 Å². The van der Waals surface area contributed by atoms with E-state index in [0.29, 0.717) is 28.8 Å². The second kappa shape index (κ2) is 7.85. The number of halogens is 2. The number of methoxy groups -OCH3 is 1. The van der Waals surface area contributed by atoms with Crippen molar-refractivity contribution in [3.8, 4) is 5.75 Å². The lowest BCUT2D eigenvalue weighted by Gasteiger charge is -2.36. The molecule has 2 aromatic rings. The molecule has 1 fully saturated rings. The number of para-hydroxylation sites is 2. The predicted octanol–water partition coefficient (Wildman–Crippen LogP) is 4.36. The number of anilines is 2. The number of urea groups is 1. The van der Waals surface area contributed by atoms with Crippen LogP contribution in [0.4, 0.5) is 16.2 Å². The van der Waals surface area contributed by atoms with Gasteiger partial charge in [-0.3, -0.25) is 0 Å². The molecule has 132 valence electrons. The van der Waals surface area contributed by atoms with Gasteiger partial charge in [-0.1, -0.05) is 35.3 Å². The average Bonchev–Trinajstić information content (AvgIpc) is 2.64. The van der Waals surface area contributed by atoms with Crippen molar-refractivity contribution in [1.82, 2.24) is 4.90 Å². The molecule has 2 aromatic carbocycles. The van der Waals surface area contributed by atoms with E-state index in [1.54, 1.807) is 30.2 Å². The Hall–Kier alpha value is -2.11. The van der Waals surface area contributed by atoms with E-state index in [2.05, 4.69) is 10.2 Å². The van der Waals surface area contributed by atoms with Crippen LogP contribution in [0.3, 0.4) is 0 Å². The third-order valence-electron chi connectivity index (χ3n) is 4.16. The molecule has 0 aromatic heterocycles. The van der Waals surface area contributed by atoms with Crippen LogP contribution in [0, 0.1) is 0 Å². The molecule has 5 nitrogen and oxygen atoms in total. The van der Waals surface area contributed by atoms with E-state index in [9.17, 15) is 4.79 Å². The molecular weight excluding hydrogens is 361 g/mol. The number of carbonyl (C=O) groups is 1. The summed E-state index contributed by atoms with van der Waals surface area (Å²) in [5.41, 5.74) is 1.56. The fraction of sp³-hybridized carbons (Fsp3) is 0.278. The summed E-state index contributed by atoms with van der Waals surface area (Å²) < 4.78 is 5.41. The van der Waals surface area contributed by atoms with Gasteiger partial charge in [0.25, 0.3) is 0 Å². The second-order valence-electron chi connectivity index (χ2n) is 5.70. The van der Waals surface area contributed by atoms with Gasteiger partial charge in [-0.2, -0.15) is 0 Å². The van der Waals surface area contributed by atoms with E-state index >= 15 is 0 Å². The highest BCUT2D eigenvalue weighted by molar-refractivity contribution is 6.35. The van der Waals surface area contributed by atoms with Crippen molar-refractivity contribution < 1.29 is 9.53 Å². The molecule has 0 atom stereocenters. The molecule has 0 radical (unpaired) electrons. The predicted molar refractivity (Wildman–Crippen MR) is 102 cm³/mol. The van der Waals surface area contributed by atoms with Crippen LogP contribution >= 0.6 is 23.2 Å². The fourth-order valence-corrected chi connectivity index (χ4v) is 3.17. The molecule has 1 saturated heterocycles. The molecule has 0 saturated carbocycles. The lowest BCUT2D eigenvalue weighted by atomic mass is 10.2. The van der Waals surface area contributed by atoms with Gasteiger partial charge in [0.15, 0.2) is 0 Å². The van der Waals surface area contributed by atoms with Crippen molar-refractivity contribution in [2.75, 3.05) is 43.5 Å². The minimum atomic E-state index is -0.177. The molecule has 7 heteroatoms. The summed E-state index contributed by atoms with van der Waals surface area (Å²) in [6.45, 7) is 2.69. The Morgan fingerprint density at radius 1 is 1.08 bits per heavy atom.